The molecule has 1 unspecified atom stereocenters. The van der Waals surface area contributed by atoms with Crippen molar-refractivity contribution in [3.05, 3.63) is 70.1 Å². The van der Waals surface area contributed by atoms with Gasteiger partial charge in [-0.25, -0.2) is 4.39 Å². The summed E-state index contributed by atoms with van der Waals surface area (Å²) in [5, 5.41) is 19.5. The molecule has 1 aromatic carbocycles. The summed E-state index contributed by atoms with van der Waals surface area (Å²) in [5.41, 5.74) is 3.70. The fourth-order valence-corrected chi connectivity index (χ4v) is 4.94. The Labute approximate surface area is 193 Å². The predicted molar refractivity (Wildman–Crippen MR) is 127 cm³/mol. The van der Waals surface area contributed by atoms with E-state index in [0.29, 0.717) is 36.3 Å². The highest BCUT2D eigenvalue weighted by atomic mass is 19.1. The molecular formula is C26H30FN5O. The van der Waals surface area contributed by atoms with Crippen molar-refractivity contribution < 1.29 is 9.18 Å². The number of nitrogens with one attached hydrogen (secondary N) is 3. The number of nitrogens with zero attached hydrogens (tertiary/aromatic N) is 2. The molecule has 3 N–H and O–H groups in total. The Hall–Kier alpha value is -3.06. The first kappa shape index (κ1) is 21.8. The van der Waals surface area contributed by atoms with E-state index >= 15 is 0 Å². The third-order valence-corrected chi connectivity index (χ3v) is 7.04. The zero-order valence-corrected chi connectivity index (χ0v) is 19.0. The van der Waals surface area contributed by atoms with Crippen molar-refractivity contribution in [3.63, 3.8) is 0 Å². The quantitative estimate of drug-likeness (QED) is 0.483. The molecule has 0 aromatic heterocycles. The van der Waals surface area contributed by atoms with E-state index < -0.39 is 17.8 Å². The van der Waals surface area contributed by atoms with Gasteiger partial charge < -0.3 is 10.2 Å². The maximum atomic E-state index is 14.8. The van der Waals surface area contributed by atoms with Crippen LogP contribution in [0.2, 0.25) is 0 Å². The highest BCUT2D eigenvalue weighted by Crippen LogP contribution is 2.32. The monoisotopic (exact) mass is 447 g/mol. The molecule has 2 heterocycles. The Bertz CT molecular complexity index is 1110. The van der Waals surface area contributed by atoms with Crippen LogP contribution in [0.4, 0.5) is 4.39 Å². The average molecular weight is 448 g/mol. The molecule has 2 fully saturated rings. The molecular weight excluding hydrogens is 417 g/mol. The van der Waals surface area contributed by atoms with Crippen LogP contribution in [0.1, 0.15) is 54.1 Å². The summed E-state index contributed by atoms with van der Waals surface area (Å²) >= 11 is 0. The Morgan fingerprint density at radius 1 is 1.18 bits per heavy atom. The van der Waals surface area contributed by atoms with Gasteiger partial charge in [0.25, 0.3) is 5.91 Å². The van der Waals surface area contributed by atoms with Gasteiger partial charge in [-0.2, -0.15) is 0 Å². The van der Waals surface area contributed by atoms with Crippen LogP contribution in [0.15, 0.2) is 47.6 Å². The zero-order valence-electron chi connectivity index (χ0n) is 19.0. The molecule has 0 radical (unpaired) electrons. The number of likely N-dealkylation sites (tertiary alicyclic amines) is 1. The molecule has 33 heavy (non-hydrogen) atoms. The summed E-state index contributed by atoms with van der Waals surface area (Å²) < 4.78 is 14.8. The topological polar surface area (TPSA) is 83.3 Å². The minimum atomic E-state index is -0.474. The molecule has 7 heteroatoms. The predicted octanol–water partition coefficient (Wildman–Crippen LogP) is 3.94. The normalized spacial score (nSPS) is 23.0. The molecule has 1 atom stereocenters. The Balaban J connectivity index is 1.30. The molecule has 2 aliphatic carbocycles. The lowest BCUT2D eigenvalue weighted by atomic mass is 9.96. The Morgan fingerprint density at radius 2 is 2.00 bits per heavy atom. The van der Waals surface area contributed by atoms with Crippen molar-refractivity contribution in [1.82, 2.24) is 15.1 Å². The lowest BCUT2D eigenvalue weighted by molar-refractivity contribution is 0.0944. The highest BCUT2D eigenvalue weighted by molar-refractivity contribution is 6.09. The lowest BCUT2D eigenvalue weighted by Crippen LogP contribution is -2.36. The molecule has 0 spiro atoms. The van der Waals surface area contributed by atoms with Crippen LogP contribution in [0, 0.1) is 16.6 Å². The number of allylic oxidation sites excluding steroid dienone is 2. The number of hydrogen-bond donors (Lipinski definition) is 3. The number of benzene rings is 1. The van der Waals surface area contributed by atoms with E-state index in [1.165, 1.54) is 18.9 Å². The standard InChI is InChI=1S/C26H30FN5O/c1-16-12-18(25(29)32-10-3-6-24(32)28)4-2-5-23(16)30-26(33)21-13-19-15-31(20-7-8-20)11-9-17(19)14-22(21)27/h2,4-5,12-14,20,23,28-29H,3,6-11,15H2,1H3,(H,30,33). The van der Waals surface area contributed by atoms with E-state index in [4.69, 9.17) is 10.8 Å². The van der Waals surface area contributed by atoms with Crippen molar-refractivity contribution in [2.45, 2.75) is 57.7 Å². The first-order valence-corrected chi connectivity index (χ1v) is 11.8. The van der Waals surface area contributed by atoms with Crippen LogP contribution >= 0.6 is 0 Å². The van der Waals surface area contributed by atoms with Crippen LogP contribution in [-0.4, -0.2) is 52.6 Å². The van der Waals surface area contributed by atoms with Crippen LogP contribution in [0.5, 0.6) is 0 Å². The van der Waals surface area contributed by atoms with Gasteiger partial charge in [0.1, 0.15) is 17.5 Å². The molecule has 1 amide bonds. The van der Waals surface area contributed by atoms with Gasteiger partial charge in [0.05, 0.1) is 11.6 Å². The number of fused-ring (bicyclic) bond motifs is 1. The van der Waals surface area contributed by atoms with Crippen molar-refractivity contribution in [2.24, 2.45) is 0 Å². The molecule has 4 aliphatic rings. The molecule has 2 aliphatic heterocycles. The summed E-state index contributed by atoms with van der Waals surface area (Å²) in [6, 6.07) is 3.52. The largest absolute Gasteiger partial charge is 0.342 e. The summed E-state index contributed by atoms with van der Waals surface area (Å²) in [6.45, 7) is 4.32. The van der Waals surface area contributed by atoms with Gasteiger partial charge in [-0.05, 0) is 67.5 Å². The number of carbonyl (C=O) groups is 1. The summed E-state index contributed by atoms with van der Waals surface area (Å²) in [6.07, 6.45) is 12.2. The smallest absolute Gasteiger partial charge is 0.254 e. The molecule has 172 valence electrons. The molecule has 1 saturated carbocycles. The van der Waals surface area contributed by atoms with Gasteiger partial charge in [0.15, 0.2) is 0 Å². The van der Waals surface area contributed by atoms with E-state index in [1.807, 2.05) is 31.2 Å². The minimum Gasteiger partial charge on any atom is -0.342 e. The van der Waals surface area contributed by atoms with E-state index in [2.05, 4.69) is 10.2 Å². The van der Waals surface area contributed by atoms with Crippen molar-refractivity contribution in [2.75, 3.05) is 13.1 Å². The number of rotatable bonds is 4. The number of carbonyl (C=O) groups excluding carboxylic acids is 1. The summed E-state index contributed by atoms with van der Waals surface area (Å²) in [4.78, 5) is 17.2. The van der Waals surface area contributed by atoms with Gasteiger partial charge in [-0.3, -0.25) is 20.5 Å². The maximum absolute atomic E-state index is 14.8. The minimum absolute atomic E-state index is 0.0864. The van der Waals surface area contributed by atoms with Gasteiger partial charge in [0, 0.05) is 37.7 Å². The summed E-state index contributed by atoms with van der Waals surface area (Å²) in [7, 11) is 0. The number of amidine groups is 2. The van der Waals surface area contributed by atoms with Gasteiger partial charge in [-0.15, -0.1) is 0 Å². The number of hydrogen-bond acceptors (Lipinski definition) is 4. The maximum Gasteiger partial charge on any atom is 0.254 e. The number of amides is 1. The third kappa shape index (κ3) is 4.42. The van der Waals surface area contributed by atoms with Crippen molar-refractivity contribution in [1.29, 1.82) is 10.8 Å². The number of halogens is 1. The fraction of sp³-hybridized carbons (Fsp3) is 0.423. The van der Waals surface area contributed by atoms with Crippen LogP contribution in [0.3, 0.4) is 0 Å². The zero-order chi connectivity index (χ0) is 23.1. The van der Waals surface area contributed by atoms with Crippen molar-refractivity contribution in [3.8, 4) is 0 Å². The molecule has 1 aromatic rings. The first-order valence-electron chi connectivity index (χ1n) is 11.8. The second-order valence-corrected chi connectivity index (χ2v) is 9.45. The fourth-order valence-electron chi connectivity index (χ4n) is 4.94. The molecule has 5 rings (SSSR count). The van der Waals surface area contributed by atoms with Crippen LogP contribution in [-0.2, 0) is 13.0 Å². The average Bonchev–Trinajstić information content (AvgIpc) is 3.58. The molecule has 0 bridgehead atoms. The van der Waals surface area contributed by atoms with Gasteiger partial charge in [-0.1, -0.05) is 18.2 Å². The second kappa shape index (κ2) is 8.71. The second-order valence-electron chi connectivity index (χ2n) is 9.45. The highest BCUT2D eigenvalue weighted by Gasteiger charge is 2.32. The Morgan fingerprint density at radius 3 is 2.73 bits per heavy atom. The van der Waals surface area contributed by atoms with E-state index in [0.717, 1.165) is 42.6 Å². The van der Waals surface area contributed by atoms with Crippen LogP contribution in [0.25, 0.3) is 0 Å². The van der Waals surface area contributed by atoms with E-state index in [1.54, 1.807) is 11.0 Å². The summed E-state index contributed by atoms with van der Waals surface area (Å²) in [5.74, 6) is -0.137. The SMILES string of the molecule is CC1=CC(C(=N)N2CCCC2=N)=CC=CC1NC(=O)c1cc2c(cc1F)CCN(C1CC1)C2. The van der Waals surface area contributed by atoms with Crippen LogP contribution < -0.4 is 5.32 Å². The van der Waals surface area contributed by atoms with E-state index in [9.17, 15) is 9.18 Å². The lowest BCUT2D eigenvalue weighted by Gasteiger charge is -2.29. The van der Waals surface area contributed by atoms with Gasteiger partial charge >= 0.3 is 0 Å². The third-order valence-electron chi connectivity index (χ3n) is 7.04. The Kier molecular flexibility index (Phi) is 5.74. The first-order chi connectivity index (χ1) is 15.9. The van der Waals surface area contributed by atoms with Gasteiger partial charge in [0.2, 0.25) is 0 Å². The van der Waals surface area contributed by atoms with E-state index in [-0.39, 0.29) is 5.56 Å². The molecule has 1 saturated heterocycles. The molecule has 6 nitrogen and oxygen atoms in total. The van der Waals surface area contributed by atoms with Crippen molar-refractivity contribution >= 4 is 17.6 Å².